The molecule has 100 valence electrons. The second-order valence-corrected chi connectivity index (χ2v) is 4.86. The van der Waals surface area contributed by atoms with Crippen molar-refractivity contribution >= 4 is 0 Å². The van der Waals surface area contributed by atoms with Crippen LogP contribution in [0, 0.1) is 0 Å². The van der Waals surface area contributed by atoms with Gasteiger partial charge in [-0.3, -0.25) is 14.9 Å². The average Bonchev–Trinajstić information content (AvgIpc) is 2.40. The molecule has 2 rings (SSSR count). The zero-order valence-electron chi connectivity index (χ0n) is 11.4. The third-order valence-electron chi connectivity index (χ3n) is 3.20. The van der Waals surface area contributed by atoms with Crippen molar-refractivity contribution in [3.05, 3.63) is 60.2 Å². The second kappa shape index (κ2) is 6.41. The smallest absolute Gasteiger partial charge is 0.0498 e. The Morgan fingerprint density at radius 2 is 1.58 bits per heavy atom. The molecule has 0 bridgehead atoms. The summed E-state index contributed by atoms with van der Waals surface area (Å²) in [4.78, 5) is 10.4. The number of hydrogen-bond acceptors (Lipinski definition) is 4. The third-order valence-corrected chi connectivity index (χ3v) is 3.20. The van der Waals surface area contributed by atoms with Gasteiger partial charge in [0.15, 0.2) is 0 Å². The Balaban J connectivity index is 2.16. The van der Waals surface area contributed by atoms with E-state index in [1.165, 1.54) is 11.1 Å². The Hall–Kier alpha value is -1.78. The lowest BCUT2D eigenvalue weighted by molar-refractivity contribution is 0.211. The van der Waals surface area contributed by atoms with E-state index in [4.69, 9.17) is 5.73 Å². The number of nitrogens with zero attached hydrogens (tertiary/aromatic N) is 3. The summed E-state index contributed by atoms with van der Waals surface area (Å²) >= 11 is 0. The minimum Gasteiger partial charge on any atom is -0.326 e. The van der Waals surface area contributed by atoms with Crippen LogP contribution in [0.15, 0.2) is 49.1 Å². The first-order valence-corrected chi connectivity index (χ1v) is 6.43. The van der Waals surface area contributed by atoms with Crippen LogP contribution in [-0.2, 0) is 6.54 Å². The maximum Gasteiger partial charge on any atom is 0.0498 e. The second-order valence-electron chi connectivity index (χ2n) is 4.86. The van der Waals surface area contributed by atoms with E-state index in [0.717, 1.165) is 6.54 Å². The molecule has 19 heavy (non-hydrogen) atoms. The molecule has 0 aliphatic heterocycles. The molecule has 0 aromatic carbocycles. The minimum atomic E-state index is 0.0502. The van der Waals surface area contributed by atoms with Crippen molar-refractivity contribution in [3.8, 4) is 0 Å². The number of rotatable bonds is 5. The number of nitrogens with two attached hydrogens (primary N) is 1. The normalized spacial score (nSPS) is 14.3. The average molecular weight is 256 g/mol. The Morgan fingerprint density at radius 1 is 1.05 bits per heavy atom. The lowest BCUT2D eigenvalue weighted by Crippen LogP contribution is -2.36. The van der Waals surface area contributed by atoms with Crippen molar-refractivity contribution < 1.29 is 0 Å². The summed E-state index contributed by atoms with van der Waals surface area (Å²) in [5.41, 5.74) is 8.58. The van der Waals surface area contributed by atoms with Crippen molar-refractivity contribution in [1.29, 1.82) is 0 Å². The molecule has 0 saturated carbocycles. The molecule has 0 aliphatic rings. The van der Waals surface area contributed by atoms with Gasteiger partial charge >= 0.3 is 0 Å². The first-order chi connectivity index (χ1) is 9.18. The number of likely N-dealkylation sites (N-methyl/N-ethyl adjacent to an activating group) is 1. The van der Waals surface area contributed by atoms with Gasteiger partial charge in [0, 0.05) is 43.4 Å². The van der Waals surface area contributed by atoms with Gasteiger partial charge in [-0.2, -0.15) is 0 Å². The van der Waals surface area contributed by atoms with Gasteiger partial charge in [0.1, 0.15) is 0 Å². The maximum atomic E-state index is 6.15. The lowest BCUT2D eigenvalue weighted by atomic mass is 10.0. The van der Waals surface area contributed by atoms with Crippen molar-refractivity contribution in [2.45, 2.75) is 25.6 Å². The monoisotopic (exact) mass is 256 g/mol. The highest BCUT2D eigenvalue weighted by Crippen LogP contribution is 2.23. The van der Waals surface area contributed by atoms with E-state index in [9.17, 15) is 0 Å². The molecule has 2 aromatic rings. The van der Waals surface area contributed by atoms with Crippen LogP contribution in [0.2, 0.25) is 0 Å². The van der Waals surface area contributed by atoms with Gasteiger partial charge in [-0.05, 0) is 49.4 Å². The molecule has 4 heteroatoms. The predicted octanol–water partition coefficient (Wildman–Crippen LogP) is 2.00. The molecule has 2 aromatic heterocycles. The molecule has 2 N–H and O–H groups in total. The molecule has 0 aliphatic carbocycles. The molecule has 2 unspecified atom stereocenters. The van der Waals surface area contributed by atoms with Gasteiger partial charge in [0.05, 0.1) is 0 Å². The van der Waals surface area contributed by atoms with E-state index in [-0.39, 0.29) is 12.1 Å². The molecule has 0 spiro atoms. The van der Waals surface area contributed by atoms with E-state index in [1.54, 1.807) is 0 Å². The quantitative estimate of drug-likeness (QED) is 0.889. The summed E-state index contributed by atoms with van der Waals surface area (Å²) in [5.74, 6) is 0. The van der Waals surface area contributed by atoms with Crippen molar-refractivity contribution in [3.63, 3.8) is 0 Å². The van der Waals surface area contributed by atoms with Crippen LogP contribution in [0.25, 0.3) is 0 Å². The van der Waals surface area contributed by atoms with Gasteiger partial charge in [-0.1, -0.05) is 0 Å². The van der Waals surface area contributed by atoms with Crippen LogP contribution in [-0.4, -0.2) is 28.0 Å². The van der Waals surface area contributed by atoms with Crippen molar-refractivity contribution in [2.75, 3.05) is 7.05 Å². The van der Waals surface area contributed by atoms with Crippen LogP contribution >= 0.6 is 0 Å². The molecular weight excluding hydrogens is 236 g/mol. The molecule has 0 amide bonds. The lowest BCUT2D eigenvalue weighted by Gasteiger charge is -2.31. The van der Waals surface area contributed by atoms with Crippen LogP contribution in [0.4, 0.5) is 0 Å². The van der Waals surface area contributed by atoms with Crippen LogP contribution < -0.4 is 5.73 Å². The minimum absolute atomic E-state index is 0.0502. The SMILES string of the molecule is CC(N)C(c1ccncc1)N(C)Cc1ccncc1. The summed E-state index contributed by atoms with van der Waals surface area (Å²) in [6.45, 7) is 2.88. The summed E-state index contributed by atoms with van der Waals surface area (Å²) in [6.07, 6.45) is 7.25. The molecule has 0 saturated heterocycles. The standard InChI is InChI=1S/C15H20N4/c1-12(16)15(14-5-9-18-10-6-14)19(2)11-13-3-7-17-8-4-13/h3-10,12,15H,11,16H2,1-2H3. The zero-order chi connectivity index (χ0) is 13.7. The van der Waals surface area contributed by atoms with E-state index >= 15 is 0 Å². The fraction of sp³-hybridized carbons (Fsp3) is 0.333. The highest BCUT2D eigenvalue weighted by atomic mass is 15.1. The van der Waals surface area contributed by atoms with E-state index in [0.29, 0.717) is 0 Å². The van der Waals surface area contributed by atoms with Gasteiger partial charge in [0.25, 0.3) is 0 Å². The molecule has 4 nitrogen and oxygen atoms in total. The van der Waals surface area contributed by atoms with Gasteiger partial charge in [-0.15, -0.1) is 0 Å². The maximum absolute atomic E-state index is 6.15. The topological polar surface area (TPSA) is 55.0 Å². The first-order valence-electron chi connectivity index (χ1n) is 6.43. The van der Waals surface area contributed by atoms with Gasteiger partial charge < -0.3 is 5.73 Å². The number of pyridine rings is 2. The summed E-state index contributed by atoms with van der Waals surface area (Å²) in [5, 5.41) is 0. The summed E-state index contributed by atoms with van der Waals surface area (Å²) < 4.78 is 0. The van der Waals surface area contributed by atoms with Crippen LogP contribution in [0.5, 0.6) is 0 Å². The Kier molecular flexibility index (Phi) is 4.60. The molecular formula is C15H20N4. The van der Waals surface area contributed by atoms with Gasteiger partial charge in [-0.25, -0.2) is 0 Å². The zero-order valence-corrected chi connectivity index (χ0v) is 11.4. The third kappa shape index (κ3) is 3.59. The number of aromatic nitrogens is 2. The Labute approximate surface area is 114 Å². The first kappa shape index (κ1) is 13.6. The fourth-order valence-electron chi connectivity index (χ4n) is 2.39. The van der Waals surface area contributed by atoms with E-state index in [1.807, 2.05) is 56.0 Å². The Bertz CT molecular complexity index is 484. The van der Waals surface area contributed by atoms with E-state index in [2.05, 4.69) is 21.9 Å². The van der Waals surface area contributed by atoms with Crippen LogP contribution in [0.1, 0.15) is 24.1 Å². The summed E-state index contributed by atoms with van der Waals surface area (Å²) in [7, 11) is 2.09. The van der Waals surface area contributed by atoms with Crippen molar-refractivity contribution in [2.24, 2.45) is 5.73 Å². The highest BCUT2D eigenvalue weighted by Gasteiger charge is 2.21. The molecule has 2 atom stereocenters. The summed E-state index contributed by atoms with van der Waals surface area (Å²) in [6, 6.07) is 8.34. The predicted molar refractivity (Wildman–Crippen MR) is 76.3 cm³/mol. The molecule has 0 radical (unpaired) electrons. The largest absolute Gasteiger partial charge is 0.326 e. The van der Waals surface area contributed by atoms with Gasteiger partial charge in [0.2, 0.25) is 0 Å². The number of hydrogen-bond donors (Lipinski definition) is 1. The Morgan fingerprint density at radius 3 is 2.11 bits per heavy atom. The molecule has 0 fully saturated rings. The van der Waals surface area contributed by atoms with E-state index < -0.39 is 0 Å². The molecule has 2 heterocycles. The van der Waals surface area contributed by atoms with Crippen LogP contribution in [0.3, 0.4) is 0 Å². The fourth-order valence-corrected chi connectivity index (χ4v) is 2.39. The highest BCUT2D eigenvalue weighted by molar-refractivity contribution is 5.18. The van der Waals surface area contributed by atoms with Crippen molar-refractivity contribution in [1.82, 2.24) is 14.9 Å².